The van der Waals surface area contributed by atoms with Crippen LogP contribution in [0.4, 0.5) is 0 Å². The first kappa shape index (κ1) is 37.6. The largest absolute Gasteiger partial charge is 1.00 e. The molecule has 0 amide bonds. The summed E-state index contributed by atoms with van der Waals surface area (Å²) in [6.45, 7) is 2.68. The van der Waals surface area contributed by atoms with Crippen LogP contribution in [0.25, 0.3) is 5.57 Å². The SMILES string of the molecule is CC1=C/C(=C(/c2cc(C)c(O)c(C(=O)[O-])c2)c2c(Cl)ccc(S(=O)(=O)[O-])c2Cl)C=C(C(=O)[O-])C1=O.[Na+].[Na+].[Na+]. The Morgan fingerprint density at radius 1 is 0.947 bits per heavy atom. The molecule has 15 heteroatoms. The van der Waals surface area contributed by atoms with Gasteiger partial charge in [-0.05, 0) is 78.1 Å². The van der Waals surface area contributed by atoms with Crippen molar-refractivity contribution < 1.29 is 131 Å². The molecule has 2 aromatic rings. The van der Waals surface area contributed by atoms with E-state index >= 15 is 0 Å². The molecule has 0 spiro atoms. The van der Waals surface area contributed by atoms with E-state index in [-0.39, 0.29) is 127 Å². The molecule has 2 aromatic carbocycles. The summed E-state index contributed by atoms with van der Waals surface area (Å²) in [5.41, 5.74) is -1.83. The summed E-state index contributed by atoms with van der Waals surface area (Å²) in [5, 5.41) is 32.5. The molecule has 0 saturated heterocycles. The number of carboxylic acids is 2. The summed E-state index contributed by atoms with van der Waals surface area (Å²) >= 11 is 12.6. The smallest absolute Gasteiger partial charge is 0.744 e. The van der Waals surface area contributed by atoms with Crippen molar-refractivity contribution in [1.82, 2.24) is 0 Å². The molecule has 182 valence electrons. The van der Waals surface area contributed by atoms with Crippen molar-refractivity contribution in [2.45, 2.75) is 18.7 Å². The number of phenols is 1. The zero-order chi connectivity index (χ0) is 26.4. The number of carboxylic acid groups (broad SMARTS) is 2. The van der Waals surface area contributed by atoms with Gasteiger partial charge in [0.15, 0.2) is 5.78 Å². The number of aromatic hydroxyl groups is 1. The Labute approximate surface area is 294 Å². The Hall–Kier alpha value is -0.440. The van der Waals surface area contributed by atoms with Crippen LogP contribution in [0, 0.1) is 6.92 Å². The number of aryl methyl sites for hydroxylation is 1. The molecule has 0 bridgehead atoms. The van der Waals surface area contributed by atoms with Gasteiger partial charge in [0.05, 0.1) is 26.9 Å². The summed E-state index contributed by atoms with van der Waals surface area (Å²) in [4.78, 5) is 34.6. The van der Waals surface area contributed by atoms with E-state index in [4.69, 9.17) is 23.2 Å². The van der Waals surface area contributed by atoms with Gasteiger partial charge in [0, 0.05) is 16.7 Å². The molecule has 1 N–H and O–H groups in total. The molecule has 0 aromatic heterocycles. The molecule has 0 heterocycles. The Morgan fingerprint density at radius 2 is 1.53 bits per heavy atom. The van der Waals surface area contributed by atoms with Gasteiger partial charge in [-0.25, -0.2) is 8.42 Å². The van der Waals surface area contributed by atoms with E-state index in [9.17, 15) is 42.7 Å². The van der Waals surface area contributed by atoms with Crippen molar-refractivity contribution in [3.8, 4) is 5.75 Å². The molecule has 0 aliphatic heterocycles. The van der Waals surface area contributed by atoms with Gasteiger partial charge >= 0.3 is 88.7 Å². The maximum atomic E-state index is 12.3. The number of carbonyl (C=O) groups is 3. The zero-order valence-electron chi connectivity index (χ0n) is 20.8. The van der Waals surface area contributed by atoms with Crippen molar-refractivity contribution in [3.05, 3.63) is 85.4 Å². The summed E-state index contributed by atoms with van der Waals surface area (Å²) < 4.78 is 35.3. The Balaban J connectivity index is 0.00000456. The molecule has 0 atom stereocenters. The van der Waals surface area contributed by atoms with Gasteiger partial charge < -0.3 is 29.5 Å². The van der Waals surface area contributed by atoms with Crippen molar-refractivity contribution in [3.63, 3.8) is 0 Å². The first-order chi connectivity index (χ1) is 16.1. The van der Waals surface area contributed by atoms with Crippen LogP contribution in [0.3, 0.4) is 0 Å². The monoisotopic (exact) mass is 604 g/mol. The van der Waals surface area contributed by atoms with Gasteiger partial charge in [-0.1, -0.05) is 23.2 Å². The third kappa shape index (κ3) is 7.64. The number of benzene rings is 2. The van der Waals surface area contributed by atoms with Crippen LogP contribution in [-0.4, -0.2) is 35.8 Å². The Kier molecular flexibility index (Phi) is 14.3. The van der Waals surface area contributed by atoms with Gasteiger partial charge in [0.25, 0.3) is 0 Å². The molecule has 3 rings (SSSR count). The van der Waals surface area contributed by atoms with Crippen molar-refractivity contribution in [2.75, 3.05) is 0 Å². The molecule has 38 heavy (non-hydrogen) atoms. The molecule has 9 nitrogen and oxygen atoms in total. The second-order valence-electron chi connectivity index (χ2n) is 7.50. The molecule has 1 aliphatic rings. The second-order valence-corrected chi connectivity index (χ2v) is 9.63. The average Bonchev–Trinajstić information content (AvgIpc) is 2.73. The fourth-order valence-corrected chi connectivity index (χ4v) is 4.96. The van der Waals surface area contributed by atoms with Crippen LogP contribution in [0.5, 0.6) is 5.75 Å². The minimum atomic E-state index is -5.10. The van der Waals surface area contributed by atoms with Crippen LogP contribution in [0.1, 0.15) is 34.0 Å². The number of halogens is 2. The maximum absolute atomic E-state index is 12.3. The number of hydrogen-bond donors (Lipinski definition) is 1. The van der Waals surface area contributed by atoms with Gasteiger partial charge in [-0.15, -0.1) is 0 Å². The van der Waals surface area contributed by atoms with Crippen LogP contribution < -0.4 is 98.9 Å². The summed E-state index contributed by atoms with van der Waals surface area (Å²) in [7, 11) is -5.10. The number of aliphatic carboxylic acids is 1. The van der Waals surface area contributed by atoms with Crippen LogP contribution in [0.15, 0.2) is 58.0 Å². The zero-order valence-corrected chi connectivity index (χ0v) is 29.2. The summed E-state index contributed by atoms with van der Waals surface area (Å²) in [6, 6.07) is 4.20. The molecular formula is C23H13Cl2Na3O9S. The number of allylic oxidation sites excluding steroid dienone is 4. The quantitative estimate of drug-likeness (QED) is 0.197. The second kappa shape index (κ2) is 14.5. The number of carbonyl (C=O) groups excluding carboxylic acids is 3. The fraction of sp³-hybridized carbons (Fsp3) is 0.0870. The van der Waals surface area contributed by atoms with Gasteiger partial charge in [0.1, 0.15) is 15.9 Å². The topological polar surface area (TPSA) is 175 Å². The Bertz CT molecular complexity index is 1550. The van der Waals surface area contributed by atoms with E-state index in [1.807, 2.05) is 0 Å². The number of ketones is 1. The molecule has 0 saturated carbocycles. The normalized spacial score (nSPS) is 14.2. The third-order valence-corrected chi connectivity index (χ3v) is 6.87. The number of Topliss-reactive ketones (excluding diaryl/α,β-unsaturated/α-hetero) is 1. The molecule has 0 fully saturated rings. The van der Waals surface area contributed by atoms with E-state index in [2.05, 4.69) is 0 Å². The van der Waals surface area contributed by atoms with E-state index < -0.39 is 54.6 Å². The fourth-order valence-electron chi connectivity index (χ4n) is 3.56. The van der Waals surface area contributed by atoms with Crippen molar-refractivity contribution in [2.24, 2.45) is 0 Å². The van der Waals surface area contributed by atoms with Crippen molar-refractivity contribution in [1.29, 1.82) is 0 Å². The van der Waals surface area contributed by atoms with Gasteiger partial charge in [0.2, 0.25) is 0 Å². The summed E-state index contributed by atoms with van der Waals surface area (Å²) in [5.74, 6) is -5.01. The van der Waals surface area contributed by atoms with E-state index in [1.54, 1.807) is 0 Å². The van der Waals surface area contributed by atoms with Crippen LogP contribution in [0.2, 0.25) is 10.0 Å². The van der Waals surface area contributed by atoms with Crippen LogP contribution in [-0.2, 0) is 19.7 Å². The van der Waals surface area contributed by atoms with Gasteiger partial charge in [-0.3, -0.25) is 4.79 Å². The minimum Gasteiger partial charge on any atom is -0.744 e. The first-order valence-electron chi connectivity index (χ1n) is 9.55. The predicted octanol–water partition coefficient (Wildman–Crippen LogP) is -7.71. The van der Waals surface area contributed by atoms with Gasteiger partial charge in [-0.2, -0.15) is 0 Å². The van der Waals surface area contributed by atoms with Crippen molar-refractivity contribution >= 4 is 56.6 Å². The molecule has 1 aliphatic carbocycles. The van der Waals surface area contributed by atoms with E-state index in [0.717, 1.165) is 24.3 Å². The number of aromatic carboxylic acids is 1. The summed E-state index contributed by atoms with van der Waals surface area (Å²) in [6.07, 6.45) is 2.17. The first-order valence-corrected chi connectivity index (χ1v) is 11.7. The number of rotatable bonds is 5. The molecular weight excluding hydrogens is 592 g/mol. The number of hydrogen-bond acceptors (Lipinski definition) is 9. The maximum Gasteiger partial charge on any atom is 1.00 e. The van der Waals surface area contributed by atoms with Crippen LogP contribution >= 0.6 is 23.2 Å². The molecule has 0 unspecified atom stereocenters. The molecule has 0 radical (unpaired) electrons. The predicted molar refractivity (Wildman–Crippen MR) is 119 cm³/mol. The van der Waals surface area contributed by atoms with E-state index in [1.165, 1.54) is 26.0 Å². The minimum absolute atomic E-state index is 0. The average molecular weight is 605 g/mol. The third-order valence-electron chi connectivity index (χ3n) is 5.17. The standard InChI is InChI=1S/C23H16Cl2O9S.3Na/c1-9-5-11(7-13(20(9)26)22(28)29)17(12-6-10(2)21(27)14(8-12)23(30)31)18-15(24)3-4-16(19(18)25)35(32,33)34;;;/h3-8,26H,1-2H3,(H,28,29)(H,30,31)(H,32,33,34);;;/q;3*+1/p-3/b17-12+;;;. The Morgan fingerprint density at radius 3 is 2.03 bits per heavy atom. The van der Waals surface area contributed by atoms with E-state index in [0.29, 0.717) is 0 Å².